The van der Waals surface area contributed by atoms with Gasteiger partial charge in [-0.3, -0.25) is 0 Å². The highest BCUT2D eigenvalue weighted by Gasteiger charge is 2.06. The van der Waals surface area contributed by atoms with Gasteiger partial charge in [-0.2, -0.15) is 0 Å². The molecule has 23 heavy (non-hydrogen) atoms. The summed E-state index contributed by atoms with van der Waals surface area (Å²) in [6.45, 7) is 2.41. The van der Waals surface area contributed by atoms with Gasteiger partial charge in [0.2, 0.25) is 0 Å². The molecule has 0 aliphatic rings. The molecule has 0 aromatic rings. The van der Waals surface area contributed by atoms with Crippen LogP contribution in [0.2, 0.25) is 0 Å². The minimum absolute atomic E-state index is 0.0350. The van der Waals surface area contributed by atoms with Crippen molar-refractivity contribution in [1.82, 2.24) is 0 Å². The van der Waals surface area contributed by atoms with E-state index < -0.39 is 23.9 Å². The fraction of sp³-hybridized carbons (Fsp3) is 0.429. The first-order valence-corrected chi connectivity index (χ1v) is 6.48. The van der Waals surface area contributed by atoms with Crippen molar-refractivity contribution in [2.45, 2.75) is 13.8 Å². The second-order valence-electron chi connectivity index (χ2n) is 4.21. The monoisotopic (exact) mass is 330 g/mol. The van der Waals surface area contributed by atoms with Crippen LogP contribution in [-0.4, -0.2) is 60.5 Å². The molecule has 0 radical (unpaired) electrons. The smallest absolute Gasteiger partial charge is 0.331 e. The van der Waals surface area contributed by atoms with E-state index in [9.17, 15) is 19.2 Å². The summed E-state index contributed by atoms with van der Waals surface area (Å²) in [4.78, 5) is 43.2. The van der Waals surface area contributed by atoms with Crippen molar-refractivity contribution in [1.29, 1.82) is 0 Å². The predicted octanol–water partition coefficient (Wildman–Crippen LogP) is 0.151. The third-order valence-electron chi connectivity index (χ3n) is 2.29. The SMILES string of the molecule is C/C(=C/C(=O)OCCOCCOC(=O)/C=C(/C)C(=O)O)C(=O)O. The number of hydrogen-bond acceptors (Lipinski definition) is 7. The lowest BCUT2D eigenvalue weighted by atomic mass is 10.3. The van der Waals surface area contributed by atoms with Crippen LogP contribution in [0.25, 0.3) is 0 Å². The zero-order chi connectivity index (χ0) is 17.8. The summed E-state index contributed by atoms with van der Waals surface area (Å²) >= 11 is 0. The normalized spacial score (nSPS) is 11.7. The largest absolute Gasteiger partial charge is 0.478 e. The number of carbonyl (C=O) groups is 4. The molecular weight excluding hydrogens is 312 g/mol. The summed E-state index contributed by atoms with van der Waals surface area (Å²) in [7, 11) is 0. The number of rotatable bonds is 10. The molecular formula is C14H18O9. The average Bonchev–Trinajstić information content (AvgIpc) is 2.45. The molecule has 0 aromatic heterocycles. The van der Waals surface area contributed by atoms with Gasteiger partial charge in [-0.15, -0.1) is 0 Å². The molecule has 0 bridgehead atoms. The minimum Gasteiger partial charge on any atom is -0.478 e. The van der Waals surface area contributed by atoms with Gasteiger partial charge in [-0.1, -0.05) is 0 Å². The fourth-order valence-corrected chi connectivity index (χ4v) is 1.06. The van der Waals surface area contributed by atoms with E-state index in [0.29, 0.717) is 0 Å². The molecule has 0 aliphatic heterocycles. The Labute approximate surface area is 132 Å². The molecule has 0 rings (SSSR count). The van der Waals surface area contributed by atoms with Crippen molar-refractivity contribution in [3.05, 3.63) is 23.3 Å². The number of hydrogen-bond donors (Lipinski definition) is 2. The molecule has 128 valence electrons. The van der Waals surface area contributed by atoms with E-state index >= 15 is 0 Å². The van der Waals surface area contributed by atoms with Crippen LogP contribution in [-0.2, 0) is 33.4 Å². The van der Waals surface area contributed by atoms with E-state index in [1.165, 1.54) is 13.8 Å². The third-order valence-corrected chi connectivity index (χ3v) is 2.29. The van der Waals surface area contributed by atoms with Crippen LogP contribution in [0.1, 0.15) is 13.8 Å². The van der Waals surface area contributed by atoms with Crippen molar-refractivity contribution in [3.63, 3.8) is 0 Å². The Balaban J connectivity index is 3.75. The van der Waals surface area contributed by atoms with E-state index in [4.69, 9.17) is 14.9 Å². The zero-order valence-corrected chi connectivity index (χ0v) is 12.7. The molecule has 0 unspecified atom stereocenters. The zero-order valence-electron chi connectivity index (χ0n) is 12.7. The lowest BCUT2D eigenvalue weighted by Gasteiger charge is -2.05. The van der Waals surface area contributed by atoms with Gasteiger partial charge in [0.25, 0.3) is 0 Å². The van der Waals surface area contributed by atoms with Crippen LogP contribution in [0, 0.1) is 0 Å². The van der Waals surface area contributed by atoms with Gasteiger partial charge in [-0.25, -0.2) is 19.2 Å². The van der Waals surface area contributed by atoms with Crippen molar-refractivity contribution < 1.29 is 43.6 Å². The highest BCUT2D eigenvalue weighted by atomic mass is 16.6. The summed E-state index contributed by atoms with van der Waals surface area (Å²) < 4.78 is 14.4. The summed E-state index contributed by atoms with van der Waals surface area (Å²) in [6, 6.07) is 0. The van der Waals surface area contributed by atoms with Crippen molar-refractivity contribution >= 4 is 23.9 Å². The van der Waals surface area contributed by atoms with Gasteiger partial charge in [0.1, 0.15) is 13.2 Å². The number of carboxylic acids is 2. The van der Waals surface area contributed by atoms with Gasteiger partial charge in [-0.05, 0) is 13.8 Å². The second kappa shape index (κ2) is 11.0. The molecule has 9 nitrogen and oxygen atoms in total. The lowest BCUT2D eigenvalue weighted by molar-refractivity contribution is -0.142. The topological polar surface area (TPSA) is 136 Å². The van der Waals surface area contributed by atoms with Crippen LogP contribution in [0.3, 0.4) is 0 Å². The Kier molecular flexibility index (Phi) is 9.69. The number of esters is 2. The Morgan fingerprint density at radius 3 is 1.39 bits per heavy atom. The Hall–Kier alpha value is -2.68. The molecule has 0 aromatic carbocycles. The van der Waals surface area contributed by atoms with Crippen molar-refractivity contribution in [3.8, 4) is 0 Å². The molecule has 0 heterocycles. The predicted molar refractivity (Wildman–Crippen MR) is 75.5 cm³/mol. The van der Waals surface area contributed by atoms with E-state index in [1.807, 2.05) is 0 Å². The first kappa shape index (κ1) is 20.3. The van der Waals surface area contributed by atoms with E-state index in [0.717, 1.165) is 12.2 Å². The molecule has 2 N–H and O–H groups in total. The van der Waals surface area contributed by atoms with Crippen LogP contribution in [0.5, 0.6) is 0 Å². The maximum absolute atomic E-state index is 11.2. The molecule has 0 aliphatic carbocycles. The second-order valence-corrected chi connectivity index (χ2v) is 4.21. The number of carboxylic acid groups (broad SMARTS) is 2. The highest BCUT2D eigenvalue weighted by molar-refractivity contribution is 5.95. The van der Waals surface area contributed by atoms with Gasteiger partial charge in [0, 0.05) is 23.3 Å². The molecule has 9 heteroatoms. The van der Waals surface area contributed by atoms with Gasteiger partial charge >= 0.3 is 23.9 Å². The molecule has 0 saturated heterocycles. The standard InChI is InChI=1S/C14H18O9/c1-9(13(17)18)7-11(15)22-5-3-21-4-6-23-12(16)8-10(2)14(19)20/h7-8H,3-6H2,1-2H3,(H,17,18)(H,19,20)/b9-7-,10-8-. The summed E-state index contributed by atoms with van der Waals surface area (Å²) in [5, 5.41) is 17.1. The number of ether oxygens (including phenoxy) is 3. The summed E-state index contributed by atoms with van der Waals surface area (Å²) in [5.41, 5.74) is -0.292. The first-order chi connectivity index (χ1) is 10.7. The quantitative estimate of drug-likeness (QED) is 0.326. The number of carbonyl (C=O) groups excluding carboxylic acids is 2. The Bertz CT molecular complexity index is 470. The van der Waals surface area contributed by atoms with Crippen LogP contribution >= 0.6 is 0 Å². The molecule has 0 atom stereocenters. The molecule has 0 fully saturated rings. The van der Waals surface area contributed by atoms with Crippen LogP contribution in [0.4, 0.5) is 0 Å². The number of aliphatic carboxylic acids is 2. The molecule has 0 amide bonds. The summed E-state index contributed by atoms with van der Waals surface area (Å²) in [6.07, 6.45) is 1.70. The van der Waals surface area contributed by atoms with E-state index in [1.54, 1.807) is 0 Å². The van der Waals surface area contributed by atoms with E-state index in [-0.39, 0.29) is 37.6 Å². The molecule has 0 saturated carbocycles. The lowest BCUT2D eigenvalue weighted by Crippen LogP contribution is -2.14. The van der Waals surface area contributed by atoms with Crippen LogP contribution in [0.15, 0.2) is 23.3 Å². The molecule has 0 spiro atoms. The third kappa shape index (κ3) is 10.7. The first-order valence-electron chi connectivity index (χ1n) is 6.48. The van der Waals surface area contributed by atoms with E-state index in [2.05, 4.69) is 9.47 Å². The maximum Gasteiger partial charge on any atom is 0.331 e. The van der Waals surface area contributed by atoms with Gasteiger partial charge in [0.15, 0.2) is 0 Å². The van der Waals surface area contributed by atoms with Crippen molar-refractivity contribution in [2.24, 2.45) is 0 Å². The summed E-state index contributed by atoms with van der Waals surface area (Å²) in [5.74, 6) is -4.03. The Morgan fingerprint density at radius 2 is 1.09 bits per heavy atom. The average molecular weight is 330 g/mol. The Morgan fingerprint density at radius 1 is 0.739 bits per heavy atom. The highest BCUT2D eigenvalue weighted by Crippen LogP contribution is 1.95. The van der Waals surface area contributed by atoms with Gasteiger partial charge < -0.3 is 24.4 Å². The fourth-order valence-electron chi connectivity index (χ4n) is 1.06. The van der Waals surface area contributed by atoms with Crippen LogP contribution < -0.4 is 0 Å². The van der Waals surface area contributed by atoms with Gasteiger partial charge in [0.05, 0.1) is 13.2 Å². The maximum atomic E-state index is 11.2. The van der Waals surface area contributed by atoms with Crippen molar-refractivity contribution in [2.75, 3.05) is 26.4 Å². The minimum atomic E-state index is -1.22.